The molecule has 0 saturated heterocycles. The summed E-state index contributed by atoms with van der Waals surface area (Å²) in [6.07, 6.45) is 0. The summed E-state index contributed by atoms with van der Waals surface area (Å²) in [6.45, 7) is 0. The molecule has 0 atom stereocenters. The van der Waals surface area contributed by atoms with Gasteiger partial charge in [0.1, 0.15) is 0 Å². The van der Waals surface area contributed by atoms with Crippen LogP contribution < -0.4 is 0 Å². The van der Waals surface area contributed by atoms with Crippen molar-refractivity contribution in [1.82, 2.24) is 9.78 Å². The van der Waals surface area contributed by atoms with Gasteiger partial charge in [-0.05, 0) is 0 Å². The van der Waals surface area contributed by atoms with Crippen LogP contribution >= 0.6 is 24.8 Å². The summed E-state index contributed by atoms with van der Waals surface area (Å²) in [4.78, 5) is 0. The van der Waals surface area contributed by atoms with Crippen LogP contribution in [0.2, 0.25) is 0 Å². The molecule has 0 unspecified atom stereocenters. The van der Waals surface area contributed by atoms with Crippen molar-refractivity contribution in [2.24, 2.45) is 7.05 Å². The zero-order valence-electron chi connectivity index (χ0n) is 5.34. The summed E-state index contributed by atoms with van der Waals surface area (Å²) in [6, 6.07) is 0. The maximum atomic E-state index is 12.0. The fraction of sp³-hybridized carbons (Fsp3) is 0.250. The summed E-state index contributed by atoms with van der Waals surface area (Å²) in [5, 5.41) is 2.81. The van der Waals surface area contributed by atoms with E-state index in [1.807, 2.05) is 0 Å². The smallest absolute Gasteiger partial charge is 0.237 e. The van der Waals surface area contributed by atoms with Crippen LogP contribution in [0, 0.1) is 17.7 Å². The molecule has 0 aliphatic rings. The fourth-order valence-corrected chi connectivity index (χ4v) is 0.447. The van der Waals surface area contributed by atoms with Gasteiger partial charge in [-0.2, -0.15) is 13.2 Å². The van der Waals surface area contributed by atoms with Gasteiger partial charge in [0, 0.05) is 7.05 Å². The molecule has 2 nitrogen and oxygen atoms in total. The van der Waals surface area contributed by atoms with Gasteiger partial charge >= 0.3 is 0 Å². The van der Waals surface area contributed by atoms with Crippen molar-refractivity contribution in [3.05, 3.63) is 17.7 Å². The van der Waals surface area contributed by atoms with Crippen LogP contribution in [0.15, 0.2) is 0 Å². The lowest BCUT2D eigenvalue weighted by Gasteiger charge is -1.83. The second-order valence-corrected chi connectivity index (χ2v) is 1.52. The maximum absolute atomic E-state index is 12.0. The molecule has 0 amide bonds. The summed E-state index contributed by atoms with van der Waals surface area (Å²) in [5.74, 6) is -4.22. The van der Waals surface area contributed by atoms with Crippen LogP contribution in [0.3, 0.4) is 0 Å². The van der Waals surface area contributed by atoms with Gasteiger partial charge in [0.15, 0.2) is 0 Å². The molecule has 0 radical (unpaired) electrons. The first-order chi connectivity index (χ1) is 4.13. The number of rotatable bonds is 0. The van der Waals surface area contributed by atoms with Crippen LogP contribution in [0.4, 0.5) is 13.2 Å². The van der Waals surface area contributed by atoms with Gasteiger partial charge < -0.3 is 0 Å². The predicted molar refractivity (Wildman–Crippen MR) is 37.6 cm³/mol. The highest BCUT2D eigenvalue weighted by Gasteiger charge is 2.14. The first kappa shape index (κ1) is 13.2. The van der Waals surface area contributed by atoms with Gasteiger partial charge in [-0.15, -0.1) is 29.9 Å². The molecule has 1 aromatic heterocycles. The summed E-state index contributed by atoms with van der Waals surface area (Å²) < 4.78 is 36.3. The molecular formula is C4H5Cl2F3N2. The maximum Gasteiger partial charge on any atom is 0.271 e. The topological polar surface area (TPSA) is 17.8 Å². The van der Waals surface area contributed by atoms with Crippen molar-refractivity contribution in [2.45, 2.75) is 0 Å². The van der Waals surface area contributed by atoms with E-state index in [0.717, 1.165) is 7.05 Å². The van der Waals surface area contributed by atoms with E-state index in [0.29, 0.717) is 4.68 Å². The Morgan fingerprint density at radius 3 is 1.73 bits per heavy atom. The number of nitrogens with zero attached hydrogens (tertiary/aromatic N) is 2. The Kier molecular flexibility index (Phi) is 5.34. The molecule has 66 valence electrons. The molecule has 11 heavy (non-hydrogen) atoms. The Morgan fingerprint density at radius 2 is 1.64 bits per heavy atom. The monoisotopic (exact) mass is 208 g/mol. The highest BCUT2D eigenvalue weighted by molar-refractivity contribution is 5.85. The molecule has 0 spiro atoms. The third kappa shape index (κ3) is 2.27. The lowest BCUT2D eigenvalue weighted by atomic mass is 10.6. The number of hydrogen-bond donors (Lipinski definition) is 0. The normalized spacial score (nSPS) is 8.36. The molecule has 0 aromatic carbocycles. The molecule has 0 saturated carbocycles. The summed E-state index contributed by atoms with van der Waals surface area (Å²) in [7, 11) is 1.11. The van der Waals surface area contributed by atoms with Crippen LogP contribution in [-0.4, -0.2) is 9.78 Å². The van der Waals surface area contributed by atoms with Gasteiger partial charge in [0.2, 0.25) is 5.82 Å². The molecule has 1 aromatic rings. The predicted octanol–water partition coefficient (Wildman–Crippen LogP) is 1.68. The zero-order chi connectivity index (χ0) is 7.02. The Hall–Kier alpha value is -0.420. The standard InChI is InChI=1S/C4H3F3N2.2ClH/c1-9-4(7)2(5)3(6)8-9;;/h1H3;2*1H. The van der Waals surface area contributed by atoms with Gasteiger partial charge in [0.05, 0.1) is 0 Å². The average Bonchev–Trinajstić information content (AvgIpc) is 1.98. The second-order valence-electron chi connectivity index (χ2n) is 1.52. The van der Waals surface area contributed by atoms with Gasteiger partial charge in [-0.25, -0.2) is 4.68 Å². The largest absolute Gasteiger partial charge is 0.271 e. The molecule has 1 rings (SSSR count). The Bertz CT molecular complexity index is 215. The van der Waals surface area contributed by atoms with Crippen LogP contribution in [0.25, 0.3) is 0 Å². The van der Waals surface area contributed by atoms with Crippen molar-refractivity contribution >= 4 is 24.8 Å². The third-order valence-electron chi connectivity index (χ3n) is 0.884. The minimum atomic E-state index is -1.53. The van der Waals surface area contributed by atoms with Gasteiger partial charge in [0.25, 0.3) is 11.9 Å². The Labute approximate surface area is 73.2 Å². The van der Waals surface area contributed by atoms with Crippen LogP contribution in [0.1, 0.15) is 0 Å². The Morgan fingerprint density at radius 1 is 1.18 bits per heavy atom. The van der Waals surface area contributed by atoms with E-state index in [9.17, 15) is 13.2 Å². The van der Waals surface area contributed by atoms with E-state index < -0.39 is 17.7 Å². The van der Waals surface area contributed by atoms with E-state index in [4.69, 9.17) is 0 Å². The van der Waals surface area contributed by atoms with E-state index >= 15 is 0 Å². The molecule has 0 fully saturated rings. The molecule has 0 aliphatic carbocycles. The highest BCUT2D eigenvalue weighted by atomic mass is 35.5. The van der Waals surface area contributed by atoms with Crippen molar-refractivity contribution in [3.8, 4) is 0 Å². The molecule has 0 N–H and O–H groups in total. The lowest BCUT2D eigenvalue weighted by Crippen LogP contribution is -1.93. The molecule has 0 aliphatic heterocycles. The van der Waals surface area contributed by atoms with E-state index in [1.54, 1.807) is 0 Å². The first-order valence-electron chi connectivity index (χ1n) is 2.16. The highest BCUT2D eigenvalue weighted by Crippen LogP contribution is 2.06. The zero-order valence-corrected chi connectivity index (χ0v) is 6.98. The number of aryl methyl sites for hydroxylation is 1. The summed E-state index contributed by atoms with van der Waals surface area (Å²) >= 11 is 0. The van der Waals surface area contributed by atoms with Crippen LogP contribution in [0.5, 0.6) is 0 Å². The number of hydrogen-bond acceptors (Lipinski definition) is 1. The van der Waals surface area contributed by atoms with Crippen molar-refractivity contribution in [2.75, 3.05) is 0 Å². The lowest BCUT2D eigenvalue weighted by molar-refractivity contribution is 0.436. The minimum Gasteiger partial charge on any atom is -0.237 e. The van der Waals surface area contributed by atoms with E-state index in [-0.39, 0.29) is 24.8 Å². The van der Waals surface area contributed by atoms with Crippen molar-refractivity contribution in [1.29, 1.82) is 0 Å². The van der Waals surface area contributed by atoms with E-state index in [1.165, 1.54) is 0 Å². The number of halogens is 5. The summed E-state index contributed by atoms with van der Waals surface area (Å²) in [5.41, 5.74) is 0. The van der Waals surface area contributed by atoms with Gasteiger partial charge in [-0.1, -0.05) is 0 Å². The molecule has 7 heteroatoms. The van der Waals surface area contributed by atoms with Crippen molar-refractivity contribution in [3.63, 3.8) is 0 Å². The third-order valence-corrected chi connectivity index (χ3v) is 0.884. The quantitative estimate of drug-likeness (QED) is 0.635. The molecule has 1 heterocycles. The SMILES string of the molecule is Cl.Cl.Cn1nc(F)c(F)c1F. The van der Waals surface area contributed by atoms with Gasteiger partial charge in [-0.3, -0.25) is 0 Å². The average molecular weight is 209 g/mol. The molecule has 0 bridgehead atoms. The molecular weight excluding hydrogens is 204 g/mol. The van der Waals surface area contributed by atoms with Crippen molar-refractivity contribution < 1.29 is 13.2 Å². The van der Waals surface area contributed by atoms with E-state index in [2.05, 4.69) is 5.10 Å². The first-order valence-corrected chi connectivity index (χ1v) is 2.16. The second kappa shape index (κ2) is 4.46. The van der Waals surface area contributed by atoms with Crippen LogP contribution in [-0.2, 0) is 7.05 Å². The fourth-order valence-electron chi connectivity index (χ4n) is 0.447. The number of aromatic nitrogens is 2. The minimum absolute atomic E-state index is 0. The Balaban J connectivity index is 0.